The minimum Gasteiger partial charge on any atom is -0.491 e. The van der Waals surface area contributed by atoms with Crippen LogP contribution in [0.15, 0.2) is 24.3 Å². The predicted octanol–water partition coefficient (Wildman–Crippen LogP) is 3.69. The van der Waals surface area contributed by atoms with E-state index in [9.17, 15) is 4.79 Å². The molecule has 23 heavy (non-hydrogen) atoms. The molecule has 1 amide bonds. The van der Waals surface area contributed by atoms with Gasteiger partial charge in [0.2, 0.25) is 5.91 Å². The van der Waals surface area contributed by atoms with Gasteiger partial charge in [0.25, 0.3) is 0 Å². The number of ether oxygens (including phenoxy) is 2. The van der Waals surface area contributed by atoms with Gasteiger partial charge < -0.3 is 14.8 Å². The third-order valence-electron chi connectivity index (χ3n) is 4.10. The van der Waals surface area contributed by atoms with Crippen LogP contribution in [0.4, 0.5) is 0 Å². The summed E-state index contributed by atoms with van der Waals surface area (Å²) >= 11 is 0. The summed E-state index contributed by atoms with van der Waals surface area (Å²) in [7, 11) is 0. The van der Waals surface area contributed by atoms with Crippen molar-refractivity contribution in [1.29, 1.82) is 0 Å². The van der Waals surface area contributed by atoms with E-state index in [4.69, 9.17) is 9.47 Å². The maximum Gasteiger partial charge on any atom is 0.246 e. The summed E-state index contributed by atoms with van der Waals surface area (Å²) in [5.41, 5.74) is 1.03. The molecule has 4 nitrogen and oxygen atoms in total. The first-order valence-corrected chi connectivity index (χ1v) is 8.67. The van der Waals surface area contributed by atoms with Gasteiger partial charge in [-0.05, 0) is 50.3 Å². The molecule has 1 fully saturated rings. The van der Waals surface area contributed by atoms with Crippen molar-refractivity contribution >= 4 is 5.91 Å². The van der Waals surface area contributed by atoms with Crippen LogP contribution in [0.3, 0.4) is 0 Å². The quantitative estimate of drug-likeness (QED) is 0.834. The van der Waals surface area contributed by atoms with E-state index in [-0.39, 0.29) is 24.7 Å². The van der Waals surface area contributed by atoms with Gasteiger partial charge in [-0.3, -0.25) is 4.79 Å². The molecule has 0 spiro atoms. The van der Waals surface area contributed by atoms with Crippen molar-refractivity contribution in [2.45, 2.75) is 65.2 Å². The Kier molecular flexibility index (Phi) is 6.90. The number of carbonyl (C=O) groups excluding carboxylic acids is 1. The van der Waals surface area contributed by atoms with Crippen molar-refractivity contribution < 1.29 is 14.3 Å². The minimum absolute atomic E-state index is 0.0570. The van der Waals surface area contributed by atoms with Crippen LogP contribution in [0.5, 0.6) is 5.75 Å². The topological polar surface area (TPSA) is 47.6 Å². The zero-order chi connectivity index (χ0) is 16.7. The normalized spacial score (nSPS) is 21.2. The Bertz CT molecular complexity index is 501. The Morgan fingerprint density at radius 2 is 2.17 bits per heavy atom. The number of hydrogen-bond donors (Lipinski definition) is 1. The zero-order valence-corrected chi connectivity index (χ0v) is 14.5. The molecule has 1 saturated carbocycles. The third-order valence-corrected chi connectivity index (χ3v) is 4.10. The van der Waals surface area contributed by atoms with Crippen molar-refractivity contribution in [1.82, 2.24) is 5.32 Å². The average molecular weight is 319 g/mol. The molecule has 0 radical (unpaired) electrons. The number of carbonyl (C=O) groups is 1. The van der Waals surface area contributed by atoms with E-state index in [1.54, 1.807) is 0 Å². The first-order valence-electron chi connectivity index (χ1n) is 8.67. The van der Waals surface area contributed by atoms with Crippen molar-refractivity contribution in [3.8, 4) is 5.75 Å². The van der Waals surface area contributed by atoms with E-state index in [1.807, 2.05) is 38.1 Å². The van der Waals surface area contributed by atoms with Gasteiger partial charge >= 0.3 is 0 Å². The largest absolute Gasteiger partial charge is 0.491 e. The van der Waals surface area contributed by atoms with Crippen molar-refractivity contribution in [3.05, 3.63) is 29.8 Å². The van der Waals surface area contributed by atoms with Crippen LogP contribution in [0.25, 0.3) is 0 Å². The second-order valence-electron chi connectivity index (χ2n) is 6.80. The molecule has 0 aromatic heterocycles. The number of amides is 1. The van der Waals surface area contributed by atoms with E-state index in [0.29, 0.717) is 12.5 Å². The lowest BCUT2D eigenvalue weighted by Crippen LogP contribution is -2.31. The second kappa shape index (κ2) is 8.92. The lowest BCUT2D eigenvalue weighted by molar-refractivity contribution is -0.128. The fourth-order valence-corrected chi connectivity index (χ4v) is 2.98. The molecule has 128 valence electrons. The summed E-state index contributed by atoms with van der Waals surface area (Å²) in [6.07, 6.45) is 5.02. The van der Waals surface area contributed by atoms with E-state index in [0.717, 1.165) is 24.2 Å². The summed E-state index contributed by atoms with van der Waals surface area (Å²) in [5, 5.41) is 2.91. The Hall–Kier alpha value is -1.55. The van der Waals surface area contributed by atoms with Crippen LogP contribution < -0.4 is 10.1 Å². The smallest absolute Gasteiger partial charge is 0.246 e. The van der Waals surface area contributed by atoms with Crippen LogP contribution in [0.1, 0.15) is 52.0 Å². The highest BCUT2D eigenvalue weighted by molar-refractivity contribution is 5.77. The van der Waals surface area contributed by atoms with Gasteiger partial charge in [0.1, 0.15) is 12.4 Å². The number of nitrogens with one attached hydrogen (secondary N) is 1. The zero-order valence-electron chi connectivity index (χ0n) is 14.5. The molecule has 4 heteroatoms. The van der Waals surface area contributed by atoms with Gasteiger partial charge in [-0.15, -0.1) is 0 Å². The molecule has 2 unspecified atom stereocenters. The van der Waals surface area contributed by atoms with Crippen LogP contribution >= 0.6 is 0 Å². The standard InChI is InChI=1S/C19H29NO3/c1-14(2)23-18-9-5-7-16(11-18)12-20-19(21)13-22-17-8-4-6-15(3)10-17/h5,7,9,11,14-15,17H,4,6,8,10,12-13H2,1-3H3,(H,20,21). The summed E-state index contributed by atoms with van der Waals surface area (Å²) in [5.74, 6) is 1.48. The molecule has 0 saturated heterocycles. The van der Waals surface area contributed by atoms with E-state index < -0.39 is 0 Å². The molecular weight excluding hydrogens is 290 g/mol. The Morgan fingerprint density at radius 3 is 2.91 bits per heavy atom. The van der Waals surface area contributed by atoms with Crippen LogP contribution in [-0.4, -0.2) is 24.7 Å². The summed E-state index contributed by atoms with van der Waals surface area (Å²) in [6.45, 7) is 6.90. The fraction of sp³-hybridized carbons (Fsp3) is 0.632. The molecular formula is C19H29NO3. The fourth-order valence-electron chi connectivity index (χ4n) is 2.98. The lowest BCUT2D eigenvalue weighted by atomic mass is 9.89. The van der Waals surface area contributed by atoms with E-state index in [2.05, 4.69) is 12.2 Å². The third kappa shape index (κ3) is 6.61. The van der Waals surface area contributed by atoms with Gasteiger partial charge in [0.15, 0.2) is 0 Å². The molecule has 2 rings (SSSR count). The first kappa shape index (κ1) is 17.8. The highest BCUT2D eigenvalue weighted by Crippen LogP contribution is 2.25. The molecule has 0 bridgehead atoms. The van der Waals surface area contributed by atoms with Gasteiger partial charge in [-0.1, -0.05) is 31.9 Å². The van der Waals surface area contributed by atoms with Gasteiger partial charge in [0, 0.05) is 6.54 Å². The lowest BCUT2D eigenvalue weighted by Gasteiger charge is -2.26. The minimum atomic E-state index is -0.0570. The van der Waals surface area contributed by atoms with Crippen molar-refractivity contribution in [3.63, 3.8) is 0 Å². The monoisotopic (exact) mass is 319 g/mol. The number of hydrogen-bond acceptors (Lipinski definition) is 3. The first-order chi connectivity index (χ1) is 11.0. The van der Waals surface area contributed by atoms with Crippen molar-refractivity contribution in [2.24, 2.45) is 5.92 Å². The predicted molar refractivity (Wildman–Crippen MR) is 91.4 cm³/mol. The molecule has 1 aliphatic rings. The maximum absolute atomic E-state index is 11.9. The van der Waals surface area contributed by atoms with E-state index >= 15 is 0 Å². The molecule has 0 heterocycles. The molecule has 1 aliphatic carbocycles. The van der Waals surface area contributed by atoms with E-state index in [1.165, 1.54) is 12.8 Å². The summed E-state index contributed by atoms with van der Waals surface area (Å²) in [4.78, 5) is 11.9. The maximum atomic E-state index is 11.9. The molecule has 1 aromatic carbocycles. The van der Waals surface area contributed by atoms with Crippen molar-refractivity contribution in [2.75, 3.05) is 6.61 Å². The molecule has 1 aromatic rings. The second-order valence-corrected chi connectivity index (χ2v) is 6.80. The van der Waals surface area contributed by atoms with Crippen LogP contribution in [0, 0.1) is 5.92 Å². The Labute approximate surface area is 139 Å². The SMILES string of the molecule is CC1CCCC(OCC(=O)NCc2cccc(OC(C)C)c2)C1. The molecule has 2 atom stereocenters. The average Bonchev–Trinajstić information content (AvgIpc) is 2.51. The van der Waals surface area contributed by atoms with Crippen LogP contribution in [0.2, 0.25) is 0 Å². The Balaban J connectivity index is 1.71. The molecule has 0 aliphatic heterocycles. The molecule has 1 N–H and O–H groups in total. The van der Waals surface area contributed by atoms with Gasteiger partial charge in [-0.2, -0.15) is 0 Å². The number of rotatable bonds is 7. The highest BCUT2D eigenvalue weighted by atomic mass is 16.5. The van der Waals surface area contributed by atoms with Crippen LogP contribution in [-0.2, 0) is 16.1 Å². The Morgan fingerprint density at radius 1 is 1.35 bits per heavy atom. The summed E-state index contributed by atoms with van der Waals surface area (Å²) in [6, 6.07) is 7.82. The summed E-state index contributed by atoms with van der Waals surface area (Å²) < 4.78 is 11.4. The number of benzene rings is 1. The van der Waals surface area contributed by atoms with Gasteiger partial charge in [-0.25, -0.2) is 0 Å². The highest BCUT2D eigenvalue weighted by Gasteiger charge is 2.20. The van der Waals surface area contributed by atoms with Gasteiger partial charge in [0.05, 0.1) is 12.2 Å².